The van der Waals surface area contributed by atoms with Crippen molar-refractivity contribution in [2.45, 2.75) is 19.3 Å². The van der Waals surface area contributed by atoms with Crippen LogP contribution in [0.4, 0.5) is 22.0 Å². The van der Waals surface area contributed by atoms with Crippen LogP contribution in [0.1, 0.15) is 27.4 Å². The summed E-state index contributed by atoms with van der Waals surface area (Å²) < 4.78 is 77.4. The Morgan fingerprint density at radius 3 is 2.54 bits per heavy atom. The van der Waals surface area contributed by atoms with Gasteiger partial charge in [0.1, 0.15) is 40.1 Å². The van der Waals surface area contributed by atoms with Crippen LogP contribution in [0.2, 0.25) is 0 Å². The highest BCUT2D eigenvalue weighted by molar-refractivity contribution is 6.00. The lowest BCUT2D eigenvalue weighted by Crippen LogP contribution is -2.24. The number of halogens is 5. The Morgan fingerprint density at radius 1 is 1.11 bits per heavy atom. The third-order valence-corrected chi connectivity index (χ3v) is 5.29. The van der Waals surface area contributed by atoms with Gasteiger partial charge in [0.25, 0.3) is 5.91 Å². The number of aromatic nitrogens is 1. The number of hydrogen-bond acceptors (Lipinski definition) is 5. The summed E-state index contributed by atoms with van der Waals surface area (Å²) in [5.74, 6) is -1.78. The van der Waals surface area contributed by atoms with Crippen LogP contribution in [-0.2, 0) is 19.3 Å². The molecule has 0 radical (unpaired) electrons. The smallest absolute Gasteiger partial charge is 0.433 e. The van der Waals surface area contributed by atoms with Gasteiger partial charge in [-0.2, -0.15) is 13.2 Å². The first kappa shape index (κ1) is 24.1. The van der Waals surface area contributed by atoms with Crippen molar-refractivity contribution in [1.82, 2.24) is 10.3 Å². The molecule has 0 unspecified atom stereocenters. The van der Waals surface area contributed by atoms with Gasteiger partial charge < -0.3 is 20.2 Å². The van der Waals surface area contributed by atoms with Crippen LogP contribution in [-0.4, -0.2) is 18.0 Å². The number of methoxy groups -OCH3 is 1. The van der Waals surface area contributed by atoms with E-state index in [9.17, 15) is 26.7 Å². The van der Waals surface area contributed by atoms with Gasteiger partial charge in [-0.3, -0.25) is 4.79 Å². The third-order valence-electron chi connectivity index (χ3n) is 5.29. The highest BCUT2D eigenvalue weighted by Gasteiger charge is 2.33. The molecule has 0 saturated heterocycles. The van der Waals surface area contributed by atoms with E-state index >= 15 is 0 Å². The average molecular weight is 491 g/mol. The summed E-state index contributed by atoms with van der Waals surface area (Å²) in [5, 5.41) is 2.82. The summed E-state index contributed by atoms with van der Waals surface area (Å²) in [6, 6.07) is 9.44. The minimum absolute atomic E-state index is 0.0386. The number of alkyl halides is 3. The van der Waals surface area contributed by atoms with Gasteiger partial charge in [0.2, 0.25) is 0 Å². The molecule has 6 nitrogen and oxygen atoms in total. The molecule has 0 aliphatic carbocycles. The number of furan rings is 1. The van der Waals surface area contributed by atoms with Crippen LogP contribution in [0.25, 0.3) is 22.2 Å². The molecule has 3 N–H and O–H groups in total. The maximum absolute atomic E-state index is 13.9. The molecule has 35 heavy (non-hydrogen) atoms. The molecule has 4 aromatic rings. The molecule has 11 heteroatoms. The summed E-state index contributed by atoms with van der Waals surface area (Å²) in [7, 11) is 1.31. The molecule has 1 amide bonds. The topological polar surface area (TPSA) is 90.4 Å². The van der Waals surface area contributed by atoms with E-state index in [-0.39, 0.29) is 47.0 Å². The molecular formula is C24H18F5N3O3. The van der Waals surface area contributed by atoms with Crippen molar-refractivity contribution in [1.29, 1.82) is 0 Å². The standard InChI is InChI=1S/C24H18F5N3O3/c1-34-18-6-4-14(15-5-7-21(24(27,28)29)32-22(15)18)19-9-16(20(10-30)35-19)23(33)31-11-12-2-3-13(25)8-17(12)26/h2-9H,10-11,30H2,1H3,(H,31,33). The second kappa shape index (κ2) is 9.34. The third kappa shape index (κ3) is 4.80. The minimum Gasteiger partial charge on any atom is -0.494 e. The fourth-order valence-corrected chi connectivity index (χ4v) is 3.57. The highest BCUT2D eigenvalue weighted by atomic mass is 19.4. The maximum Gasteiger partial charge on any atom is 0.433 e. The second-order valence-corrected chi connectivity index (χ2v) is 7.48. The molecule has 0 aliphatic rings. The van der Waals surface area contributed by atoms with Gasteiger partial charge in [-0.15, -0.1) is 0 Å². The van der Waals surface area contributed by atoms with Gasteiger partial charge in [0, 0.05) is 29.1 Å². The molecule has 0 spiro atoms. The van der Waals surface area contributed by atoms with Crippen molar-refractivity contribution in [2.24, 2.45) is 5.73 Å². The number of amides is 1. The summed E-state index contributed by atoms with van der Waals surface area (Å²) >= 11 is 0. The van der Waals surface area contributed by atoms with Crippen molar-refractivity contribution < 1.29 is 35.9 Å². The van der Waals surface area contributed by atoms with Crippen LogP contribution in [0.3, 0.4) is 0 Å². The van der Waals surface area contributed by atoms with Gasteiger partial charge in [-0.25, -0.2) is 13.8 Å². The lowest BCUT2D eigenvalue weighted by molar-refractivity contribution is -0.140. The van der Waals surface area contributed by atoms with E-state index in [2.05, 4.69) is 10.3 Å². The lowest BCUT2D eigenvalue weighted by atomic mass is 10.0. The van der Waals surface area contributed by atoms with Crippen LogP contribution < -0.4 is 15.8 Å². The van der Waals surface area contributed by atoms with E-state index in [1.807, 2.05) is 0 Å². The highest BCUT2D eigenvalue weighted by Crippen LogP contribution is 2.37. The quantitative estimate of drug-likeness (QED) is 0.363. The molecule has 0 bridgehead atoms. The number of pyridine rings is 1. The van der Waals surface area contributed by atoms with Crippen LogP contribution >= 0.6 is 0 Å². The average Bonchev–Trinajstić information content (AvgIpc) is 3.26. The molecule has 0 saturated carbocycles. The van der Waals surface area contributed by atoms with Crippen molar-refractivity contribution in [2.75, 3.05) is 7.11 Å². The van der Waals surface area contributed by atoms with Gasteiger partial charge in [0.05, 0.1) is 19.2 Å². The molecule has 2 heterocycles. The normalized spacial score (nSPS) is 11.6. The Morgan fingerprint density at radius 2 is 1.89 bits per heavy atom. The fourth-order valence-electron chi connectivity index (χ4n) is 3.57. The Bertz CT molecular complexity index is 1420. The van der Waals surface area contributed by atoms with Gasteiger partial charge >= 0.3 is 6.18 Å². The van der Waals surface area contributed by atoms with E-state index in [1.165, 1.54) is 31.4 Å². The van der Waals surface area contributed by atoms with Crippen molar-refractivity contribution in [3.05, 3.63) is 82.7 Å². The molecule has 0 aliphatic heterocycles. The Kier molecular flexibility index (Phi) is 6.44. The predicted molar refractivity (Wildman–Crippen MR) is 116 cm³/mol. The molecule has 0 atom stereocenters. The van der Waals surface area contributed by atoms with Crippen molar-refractivity contribution in [3.8, 4) is 17.1 Å². The zero-order valence-corrected chi connectivity index (χ0v) is 18.2. The summed E-state index contributed by atoms with van der Waals surface area (Å²) in [4.78, 5) is 16.5. The van der Waals surface area contributed by atoms with E-state index in [0.29, 0.717) is 17.0 Å². The fraction of sp³-hybridized carbons (Fsp3) is 0.167. The summed E-state index contributed by atoms with van der Waals surface area (Å²) in [6.45, 7) is -0.372. The van der Waals surface area contributed by atoms with Gasteiger partial charge in [0.15, 0.2) is 0 Å². The van der Waals surface area contributed by atoms with E-state index in [4.69, 9.17) is 14.9 Å². The number of carbonyl (C=O) groups is 1. The first-order chi connectivity index (χ1) is 16.6. The SMILES string of the molecule is COc1ccc(-c2cc(C(=O)NCc3ccc(F)cc3F)c(CN)o2)c2ccc(C(F)(F)F)nc12. The number of nitrogens with one attached hydrogen (secondary N) is 1. The Hall–Kier alpha value is -3.99. The summed E-state index contributed by atoms with van der Waals surface area (Å²) in [5.41, 5.74) is 5.09. The Labute approximate surface area is 195 Å². The Balaban J connectivity index is 1.70. The number of fused-ring (bicyclic) bond motifs is 1. The van der Waals surface area contributed by atoms with Gasteiger partial charge in [-0.05, 0) is 36.4 Å². The van der Waals surface area contributed by atoms with E-state index < -0.39 is 29.4 Å². The number of hydrogen-bond donors (Lipinski definition) is 2. The van der Waals surface area contributed by atoms with E-state index in [1.54, 1.807) is 6.07 Å². The molecule has 2 aromatic heterocycles. The number of rotatable bonds is 6. The first-order valence-corrected chi connectivity index (χ1v) is 10.2. The van der Waals surface area contributed by atoms with Crippen molar-refractivity contribution in [3.63, 3.8) is 0 Å². The van der Waals surface area contributed by atoms with E-state index in [0.717, 1.165) is 12.1 Å². The monoisotopic (exact) mass is 491 g/mol. The predicted octanol–water partition coefficient (Wildman–Crippen LogP) is 5.19. The van der Waals surface area contributed by atoms with Crippen molar-refractivity contribution >= 4 is 16.8 Å². The molecular weight excluding hydrogens is 473 g/mol. The largest absolute Gasteiger partial charge is 0.494 e. The summed E-state index contributed by atoms with van der Waals surface area (Å²) in [6.07, 6.45) is -4.65. The second-order valence-electron chi connectivity index (χ2n) is 7.48. The molecule has 182 valence electrons. The number of nitrogens with two attached hydrogens (primary N) is 1. The van der Waals surface area contributed by atoms with Crippen LogP contribution in [0.5, 0.6) is 5.75 Å². The number of benzene rings is 2. The molecule has 4 rings (SSSR count). The number of carbonyl (C=O) groups excluding carboxylic acids is 1. The van der Waals surface area contributed by atoms with Crippen LogP contribution in [0.15, 0.2) is 52.9 Å². The zero-order valence-electron chi connectivity index (χ0n) is 18.2. The number of ether oxygens (including phenoxy) is 1. The van der Waals surface area contributed by atoms with Crippen LogP contribution in [0, 0.1) is 11.6 Å². The van der Waals surface area contributed by atoms with Gasteiger partial charge in [-0.1, -0.05) is 6.07 Å². The lowest BCUT2D eigenvalue weighted by Gasteiger charge is -2.11. The molecule has 0 fully saturated rings. The maximum atomic E-state index is 13.9. The minimum atomic E-state index is -4.65. The number of nitrogens with zero attached hydrogens (tertiary/aromatic N) is 1. The molecule has 2 aromatic carbocycles. The zero-order chi connectivity index (χ0) is 25.3. The first-order valence-electron chi connectivity index (χ1n) is 10.2.